The van der Waals surface area contributed by atoms with Crippen molar-refractivity contribution >= 4 is 40.8 Å². The molecule has 2 heterocycles. The number of nitrogens with zero attached hydrogens (tertiary/aromatic N) is 4. The molecule has 0 aliphatic rings. The van der Waals surface area contributed by atoms with Crippen LogP contribution in [0.4, 0.5) is 10.5 Å². The first kappa shape index (κ1) is 57.7. The zero-order valence-electron chi connectivity index (χ0n) is 43.1. The fraction of sp³-hybridized carbons (Fsp3) is 0.345. The Balaban J connectivity index is 0.000000215. The maximum atomic E-state index is 12.8. The number of nitrogens with two attached hydrogens (primary N) is 1. The van der Waals surface area contributed by atoms with Crippen molar-refractivity contribution in [2.45, 2.75) is 103 Å². The summed E-state index contributed by atoms with van der Waals surface area (Å²) < 4.78 is 8.88. The Hall–Kier alpha value is -6.16. The lowest BCUT2D eigenvalue weighted by Crippen LogP contribution is -2.30. The largest absolute Gasteiger partial charge is 0.417 e. The zero-order chi connectivity index (χ0) is 53.6. The number of hydrogen-bond donors (Lipinski definition) is 6. The van der Waals surface area contributed by atoms with Crippen LogP contribution in [-0.2, 0) is 45.8 Å². The molecule has 0 unspecified atom stereocenters. The van der Waals surface area contributed by atoms with Crippen molar-refractivity contribution in [1.29, 1.82) is 0 Å². The Morgan fingerprint density at radius 1 is 0.589 bits per heavy atom. The number of nitrogens with one attached hydrogen (secondary N) is 1. The van der Waals surface area contributed by atoms with Crippen LogP contribution in [0.5, 0.6) is 5.75 Å². The van der Waals surface area contributed by atoms with Crippen molar-refractivity contribution < 1.29 is 34.8 Å². The van der Waals surface area contributed by atoms with Crippen molar-refractivity contribution in [2.75, 3.05) is 31.7 Å². The minimum absolute atomic E-state index is 0.00768. The van der Waals surface area contributed by atoms with E-state index < -0.39 is 16.9 Å². The first-order valence-corrected chi connectivity index (χ1v) is 24.9. The third kappa shape index (κ3) is 16.2. The molecule has 0 fully saturated rings. The average molecular weight is 1030 g/mol. The highest BCUT2D eigenvalue weighted by molar-refractivity contribution is 6.31. The van der Waals surface area contributed by atoms with Gasteiger partial charge in [-0.15, -0.1) is 0 Å². The highest BCUT2D eigenvalue weighted by atomic mass is 35.5. The molecule has 13 nitrogen and oxygen atoms in total. The number of amides is 1. The third-order valence-corrected chi connectivity index (χ3v) is 12.8. The van der Waals surface area contributed by atoms with Crippen LogP contribution >= 0.6 is 23.2 Å². The van der Waals surface area contributed by atoms with E-state index in [1.807, 2.05) is 95.2 Å². The highest BCUT2D eigenvalue weighted by Gasteiger charge is 2.27. The minimum atomic E-state index is -0.705. The average Bonchev–Trinajstić information content (AvgIpc) is 4.03. The Bertz CT molecular complexity index is 2860. The van der Waals surface area contributed by atoms with E-state index in [0.29, 0.717) is 47.3 Å². The first-order valence-electron chi connectivity index (χ1n) is 24.1. The molecule has 7 rings (SSSR count). The second-order valence-electron chi connectivity index (χ2n) is 20.6. The molecule has 0 saturated heterocycles. The highest BCUT2D eigenvalue weighted by Crippen LogP contribution is 2.29. The number of aliphatic hydroxyl groups excluding tert-OH is 4. The van der Waals surface area contributed by atoms with Gasteiger partial charge < -0.3 is 30.9 Å². The van der Waals surface area contributed by atoms with Crippen LogP contribution in [0, 0.1) is 0 Å². The molecule has 73 heavy (non-hydrogen) atoms. The van der Waals surface area contributed by atoms with Crippen LogP contribution < -0.4 is 15.8 Å². The van der Waals surface area contributed by atoms with Gasteiger partial charge in [-0.1, -0.05) is 145 Å². The summed E-state index contributed by atoms with van der Waals surface area (Å²) in [6.45, 7) is 16.2. The number of anilines is 1. The van der Waals surface area contributed by atoms with Crippen molar-refractivity contribution in [3.8, 4) is 17.1 Å². The molecule has 0 radical (unpaired) electrons. The third-order valence-electron chi connectivity index (χ3n) is 12.3. The summed E-state index contributed by atoms with van der Waals surface area (Å²) in [5.74, 6) is 0.607. The lowest BCUT2D eigenvalue weighted by atomic mass is 9.83. The summed E-state index contributed by atoms with van der Waals surface area (Å²) in [6, 6.07) is 42.5. The molecule has 7 N–H and O–H groups in total. The van der Waals surface area contributed by atoms with E-state index in [0.717, 1.165) is 50.8 Å². The number of aromatic nitrogens is 4. The summed E-state index contributed by atoms with van der Waals surface area (Å²) in [5, 5.41) is 51.3. The molecule has 7 aromatic rings. The maximum Gasteiger partial charge on any atom is 0.417 e. The zero-order valence-corrected chi connectivity index (χ0v) is 44.6. The number of ether oxygens (including phenoxy) is 1. The molecule has 0 aliphatic carbocycles. The number of carbonyl (C=O) groups excluding carboxylic acids is 2. The van der Waals surface area contributed by atoms with E-state index in [9.17, 15) is 30.0 Å². The fourth-order valence-electron chi connectivity index (χ4n) is 7.33. The van der Waals surface area contributed by atoms with Gasteiger partial charge in [-0.05, 0) is 95.9 Å². The Morgan fingerprint density at radius 2 is 1.04 bits per heavy atom. The van der Waals surface area contributed by atoms with E-state index in [-0.39, 0.29) is 43.0 Å². The predicted octanol–water partition coefficient (Wildman–Crippen LogP) is 10.6. The SMILES string of the molecule is CC(C)(C)c1cc(CCC(=O)Cc2ccc(C(C)(CO)CO)cc2)n(-c2cccc(Cl)c2)n1.CC(C)(C)c1cc(CN)n(-c2cccc(Cl)c2)n1.CC(CO)(CO)c1ccc(NC(=O)Oc2ccccc2)cc1. The smallest absolute Gasteiger partial charge is 0.410 e. The number of hydrogen-bond acceptors (Lipinski definition) is 10. The van der Waals surface area contributed by atoms with Gasteiger partial charge in [0.05, 0.1) is 54.9 Å². The second kappa shape index (κ2) is 25.7. The lowest BCUT2D eigenvalue weighted by Gasteiger charge is -2.25. The summed E-state index contributed by atoms with van der Waals surface area (Å²) >= 11 is 12.2. The number of aryl methyl sites for hydroxylation is 1. The first-order chi connectivity index (χ1) is 34.5. The molecular formula is C58H70Cl2N6O7. The van der Waals surface area contributed by atoms with Crippen LogP contribution in [0.3, 0.4) is 0 Å². The van der Waals surface area contributed by atoms with E-state index in [1.54, 1.807) is 55.5 Å². The number of carbonyl (C=O) groups is 2. The number of rotatable bonds is 16. The summed E-state index contributed by atoms with van der Waals surface area (Å²) in [7, 11) is 0. The molecule has 0 saturated carbocycles. The van der Waals surface area contributed by atoms with Gasteiger partial charge in [0.2, 0.25) is 0 Å². The van der Waals surface area contributed by atoms with Crippen LogP contribution in [0.25, 0.3) is 11.4 Å². The summed E-state index contributed by atoms with van der Waals surface area (Å²) in [4.78, 5) is 24.5. The number of halogens is 2. The lowest BCUT2D eigenvalue weighted by molar-refractivity contribution is -0.118. The maximum absolute atomic E-state index is 12.8. The Kier molecular flexibility index (Phi) is 20.3. The van der Waals surface area contributed by atoms with E-state index in [2.05, 4.69) is 64.1 Å². The summed E-state index contributed by atoms with van der Waals surface area (Å²) in [5.41, 5.74) is 13.2. The predicted molar refractivity (Wildman–Crippen MR) is 291 cm³/mol. The Labute approximate surface area is 439 Å². The molecule has 1 amide bonds. The van der Waals surface area contributed by atoms with Crippen LogP contribution in [-0.4, -0.2) is 78.3 Å². The molecule has 388 valence electrons. The number of Topliss-reactive ketones (excluding diaryl/α,β-unsaturated/α-hetero) is 1. The van der Waals surface area contributed by atoms with Gasteiger partial charge in [0.15, 0.2) is 0 Å². The monoisotopic (exact) mass is 1030 g/mol. The second-order valence-corrected chi connectivity index (χ2v) is 21.5. The van der Waals surface area contributed by atoms with Crippen molar-refractivity contribution in [3.05, 3.63) is 189 Å². The molecule has 5 aromatic carbocycles. The van der Waals surface area contributed by atoms with Gasteiger partial charge in [-0.25, -0.2) is 14.2 Å². The number of ketones is 1. The fourth-order valence-corrected chi connectivity index (χ4v) is 7.70. The van der Waals surface area contributed by atoms with Gasteiger partial charge in [0.1, 0.15) is 11.5 Å². The van der Waals surface area contributed by atoms with Crippen LogP contribution in [0.2, 0.25) is 10.0 Å². The Morgan fingerprint density at radius 3 is 1.48 bits per heavy atom. The quantitative estimate of drug-likeness (QED) is 0.0542. The molecule has 15 heteroatoms. The van der Waals surface area contributed by atoms with Crippen molar-refractivity contribution in [2.24, 2.45) is 5.73 Å². The molecule has 0 spiro atoms. The molecule has 2 aromatic heterocycles. The van der Waals surface area contributed by atoms with E-state index in [4.69, 9.17) is 38.8 Å². The topological polar surface area (TPSA) is 198 Å². The molecule has 0 aliphatic heterocycles. The molecule has 0 atom stereocenters. The van der Waals surface area contributed by atoms with E-state index >= 15 is 0 Å². The summed E-state index contributed by atoms with van der Waals surface area (Å²) in [6.07, 6.45) is 0.750. The van der Waals surface area contributed by atoms with Crippen molar-refractivity contribution in [1.82, 2.24) is 19.6 Å². The van der Waals surface area contributed by atoms with Crippen molar-refractivity contribution in [3.63, 3.8) is 0 Å². The number of benzene rings is 5. The van der Waals surface area contributed by atoms with Gasteiger partial charge >= 0.3 is 6.09 Å². The minimum Gasteiger partial charge on any atom is -0.410 e. The van der Waals surface area contributed by atoms with Gasteiger partial charge in [-0.2, -0.15) is 10.2 Å². The molecule has 0 bridgehead atoms. The standard InChI is InChI=1S/C27H33ClN2O3.C17H19NO4.C14H18ClN3/c1-26(2,3)25-16-23(30(29-25)22-7-5-6-21(28)15-22)12-13-24(33)14-19-8-10-20(11-9-19)27(4,17-31)18-32;1-17(11-19,12-20)13-7-9-14(10-8-13)18-16(21)22-15-5-3-2-4-6-15;1-14(2,3)13-8-12(9-16)18(17-13)11-6-4-5-10(15)7-11/h5-11,15-16,31-32H,12-14,17-18H2,1-4H3;2-10,19-20H,11-12H2,1H3,(H,18,21);4-8H,9,16H2,1-3H3. The van der Waals surface area contributed by atoms with Gasteiger partial charge in [-0.3, -0.25) is 10.1 Å². The normalized spacial score (nSPS) is 11.8. The molecular weight excluding hydrogens is 964 g/mol. The number of aliphatic hydroxyl groups is 4. The van der Waals surface area contributed by atoms with Crippen LogP contribution in [0.1, 0.15) is 101 Å². The van der Waals surface area contributed by atoms with Gasteiger partial charge in [0, 0.05) is 62.5 Å². The van der Waals surface area contributed by atoms with E-state index in [1.165, 1.54) is 0 Å². The van der Waals surface area contributed by atoms with Gasteiger partial charge in [0.25, 0.3) is 0 Å². The van der Waals surface area contributed by atoms with Crippen LogP contribution in [0.15, 0.2) is 140 Å². The number of para-hydroxylation sites is 1.